The van der Waals surface area contributed by atoms with E-state index in [4.69, 9.17) is 4.74 Å². The van der Waals surface area contributed by atoms with E-state index in [9.17, 15) is 14.4 Å². The Labute approximate surface area is 215 Å². The molecule has 2 unspecified atom stereocenters. The van der Waals surface area contributed by atoms with Crippen LogP contribution in [0.3, 0.4) is 0 Å². The minimum atomic E-state index is -0.449. The highest BCUT2D eigenvalue weighted by molar-refractivity contribution is 6.54. The minimum Gasteiger partial charge on any atom is -0.496 e. The molecule has 0 spiro atoms. The highest BCUT2D eigenvalue weighted by atomic mass is 16.5. The molecule has 0 amide bonds. The minimum absolute atomic E-state index is 0.0149. The number of aryl methyl sites for hydroxylation is 1. The molecule has 0 heterocycles. The van der Waals surface area contributed by atoms with Crippen LogP contribution in [0.5, 0.6) is 5.75 Å². The van der Waals surface area contributed by atoms with Gasteiger partial charge in [0, 0.05) is 23.3 Å². The molecule has 2 atom stereocenters. The Balaban J connectivity index is 1.52. The van der Waals surface area contributed by atoms with Gasteiger partial charge in [-0.25, -0.2) is 0 Å². The standard InChI is InChI=1S/C32H38O4/c1-6-20(3)30(33)32(35)27-15-21(4)25-18-29(36-5)28(17-26(25)27)31(34)24-13-11-23(12-14-24)16-22-9-7-19(2)8-10-22/h7-10,15,17-18,20-21,23-24H,6,11-14,16H2,1-5H3. The fraction of sp³-hybridized carbons (Fsp3) is 0.469. The fourth-order valence-electron chi connectivity index (χ4n) is 5.64. The molecular weight excluding hydrogens is 448 g/mol. The summed E-state index contributed by atoms with van der Waals surface area (Å²) in [6.45, 7) is 7.81. The molecule has 0 bridgehead atoms. The highest BCUT2D eigenvalue weighted by Crippen LogP contribution is 2.42. The molecule has 4 heteroatoms. The number of Topliss-reactive ketones (excluding diaryl/α,β-unsaturated/α-hetero) is 3. The van der Waals surface area contributed by atoms with E-state index in [0.29, 0.717) is 34.8 Å². The van der Waals surface area contributed by atoms with Gasteiger partial charge >= 0.3 is 0 Å². The van der Waals surface area contributed by atoms with Crippen LogP contribution in [0.15, 0.2) is 42.5 Å². The van der Waals surface area contributed by atoms with Gasteiger partial charge in [-0.05, 0) is 80.2 Å². The number of carbonyl (C=O) groups excluding carboxylic acids is 3. The number of hydrogen-bond donors (Lipinski definition) is 0. The number of rotatable bonds is 9. The molecule has 2 aliphatic carbocycles. The number of ether oxygens (including phenoxy) is 1. The fourth-order valence-corrected chi connectivity index (χ4v) is 5.64. The lowest BCUT2D eigenvalue weighted by Gasteiger charge is -2.28. The van der Waals surface area contributed by atoms with Gasteiger partial charge in [-0.3, -0.25) is 14.4 Å². The van der Waals surface area contributed by atoms with E-state index in [1.54, 1.807) is 14.0 Å². The Kier molecular flexibility index (Phi) is 7.92. The number of allylic oxidation sites excluding steroid dienone is 2. The van der Waals surface area contributed by atoms with Gasteiger partial charge < -0.3 is 4.74 Å². The number of carbonyl (C=O) groups is 3. The van der Waals surface area contributed by atoms with Gasteiger partial charge in [0.25, 0.3) is 0 Å². The van der Waals surface area contributed by atoms with Crippen molar-refractivity contribution in [2.75, 3.05) is 7.11 Å². The van der Waals surface area contributed by atoms with Crippen molar-refractivity contribution in [3.63, 3.8) is 0 Å². The first kappa shape index (κ1) is 26.1. The lowest BCUT2D eigenvalue weighted by atomic mass is 9.76. The molecule has 36 heavy (non-hydrogen) atoms. The van der Waals surface area contributed by atoms with Crippen molar-refractivity contribution in [3.8, 4) is 5.75 Å². The van der Waals surface area contributed by atoms with Gasteiger partial charge in [-0.1, -0.05) is 56.7 Å². The Morgan fingerprint density at radius 2 is 1.69 bits per heavy atom. The molecule has 2 aromatic carbocycles. The van der Waals surface area contributed by atoms with E-state index < -0.39 is 5.78 Å². The van der Waals surface area contributed by atoms with Gasteiger partial charge in [0.2, 0.25) is 11.6 Å². The summed E-state index contributed by atoms with van der Waals surface area (Å²) in [5.74, 6) is 0.0552. The van der Waals surface area contributed by atoms with Crippen LogP contribution in [0.4, 0.5) is 0 Å². The molecule has 190 valence electrons. The third-order valence-corrected chi connectivity index (χ3v) is 8.23. The van der Waals surface area contributed by atoms with Crippen LogP contribution in [0, 0.1) is 24.7 Å². The van der Waals surface area contributed by atoms with Crippen molar-refractivity contribution in [2.45, 2.75) is 72.1 Å². The van der Waals surface area contributed by atoms with Crippen molar-refractivity contribution < 1.29 is 19.1 Å². The van der Waals surface area contributed by atoms with Crippen molar-refractivity contribution in [1.82, 2.24) is 0 Å². The monoisotopic (exact) mass is 486 g/mol. The Morgan fingerprint density at radius 1 is 1.03 bits per heavy atom. The topological polar surface area (TPSA) is 60.4 Å². The van der Waals surface area contributed by atoms with E-state index >= 15 is 0 Å². The quantitative estimate of drug-likeness (QED) is 0.285. The van der Waals surface area contributed by atoms with Crippen molar-refractivity contribution in [2.24, 2.45) is 17.8 Å². The molecule has 0 N–H and O–H groups in total. The van der Waals surface area contributed by atoms with E-state index in [2.05, 4.69) is 31.2 Å². The second-order valence-electron chi connectivity index (χ2n) is 10.8. The van der Waals surface area contributed by atoms with E-state index in [-0.39, 0.29) is 29.3 Å². The number of hydrogen-bond acceptors (Lipinski definition) is 4. The van der Waals surface area contributed by atoms with Crippen LogP contribution in [-0.4, -0.2) is 24.5 Å². The number of ketones is 3. The Morgan fingerprint density at radius 3 is 2.31 bits per heavy atom. The van der Waals surface area contributed by atoms with Gasteiger partial charge in [0.1, 0.15) is 5.75 Å². The maximum Gasteiger partial charge on any atom is 0.229 e. The highest BCUT2D eigenvalue weighted by Gasteiger charge is 2.34. The predicted molar refractivity (Wildman–Crippen MR) is 144 cm³/mol. The zero-order valence-corrected chi connectivity index (χ0v) is 22.2. The Hall–Kier alpha value is -3.01. The first-order chi connectivity index (χ1) is 17.2. The lowest BCUT2D eigenvalue weighted by Crippen LogP contribution is -2.24. The van der Waals surface area contributed by atoms with Crippen molar-refractivity contribution in [3.05, 3.63) is 70.3 Å². The van der Waals surface area contributed by atoms with Gasteiger partial charge in [-0.15, -0.1) is 0 Å². The number of fused-ring (bicyclic) bond motifs is 1. The number of methoxy groups -OCH3 is 1. The molecule has 2 aromatic rings. The van der Waals surface area contributed by atoms with E-state index in [1.807, 2.05) is 32.1 Å². The van der Waals surface area contributed by atoms with E-state index in [1.165, 1.54) is 11.1 Å². The summed E-state index contributed by atoms with van der Waals surface area (Å²) in [6, 6.07) is 12.4. The van der Waals surface area contributed by atoms with Crippen LogP contribution in [-0.2, 0) is 16.0 Å². The summed E-state index contributed by atoms with van der Waals surface area (Å²) in [7, 11) is 1.59. The second kappa shape index (κ2) is 10.9. The maximum absolute atomic E-state index is 13.7. The Bertz CT molecular complexity index is 1180. The van der Waals surface area contributed by atoms with Crippen LogP contribution in [0.25, 0.3) is 5.57 Å². The number of benzene rings is 2. The molecule has 0 saturated heterocycles. The van der Waals surface area contributed by atoms with E-state index in [0.717, 1.165) is 37.7 Å². The summed E-state index contributed by atoms with van der Waals surface area (Å²) >= 11 is 0. The summed E-state index contributed by atoms with van der Waals surface area (Å²) in [5.41, 5.74) is 5.24. The zero-order chi connectivity index (χ0) is 26.0. The third-order valence-electron chi connectivity index (χ3n) is 8.23. The van der Waals surface area contributed by atoms with Crippen LogP contribution in [0.2, 0.25) is 0 Å². The first-order valence-corrected chi connectivity index (χ1v) is 13.4. The molecule has 1 saturated carbocycles. The molecule has 0 aromatic heterocycles. The molecule has 4 rings (SSSR count). The summed E-state index contributed by atoms with van der Waals surface area (Å²) in [6.07, 6.45) is 7.32. The molecule has 1 fully saturated rings. The maximum atomic E-state index is 13.7. The molecule has 0 radical (unpaired) electrons. The predicted octanol–water partition coefficient (Wildman–Crippen LogP) is 6.92. The second-order valence-corrected chi connectivity index (χ2v) is 10.8. The van der Waals surface area contributed by atoms with Crippen LogP contribution < -0.4 is 4.74 Å². The van der Waals surface area contributed by atoms with Crippen LogP contribution in [0.1, 0.15) is 91.4 Å². The third kappa shape index (κ3) is 5.23. The van der Waals surface area contributed by atoms with Gasteiger partial charge in [-0.2, -0.15) is 0 Å². The SMILES string of the molecule is CCC(C)C(=O)C(=O)C1=CC(C)c2cc(OC)c(C(=O)C3CCC(Cc4ccc(C)cc4)CC3)cc21. The summed E-state index contributed by atoms with van der Waals surface area (Å²) < 4.78 is 5.64. The summed E-state index contributed by atoms with van der Waals surface area (Å²) in [4.78, 5) is 39.4. The molecule has 4 nitrogen and oxygen atoms in total. The average molecular weight is 487 g/mol. The smallest absolute Gasteiger partial charge is 0.229 e. The van der Waals surface area contributed by atoms with Crippen molar-refractivity contribution >= 4 is 22.9 Å². The average Bonchev–Trinajstić information content (AvgIpc) is 3.23. The first-order valence-electron chi connectivity index (χ1n) is 13.4. The molecule has 0 aliphatic heterocycles. The van der Waals surface area contributed by atoms with Gasteiger partial charge in [0.15, 0.2) is 5.78 Å². The lowest BCUT2D eigenvalue weighted by molar-refractivity contribution is -0.135. The molecule has 2 aliphatic rings. The van der Waals surface area contributed by atoms with Gasteiger partial charge in [0.05, 0.1) is 12.7 Å². The van der Waals surface area contributed by atoms with Crippen LogP contribution >= 0.6 is 0 Å². The van der Waals surface area contributed by atoms with Crippen molar-refractivity contribution in [1.29, 1.82) is 0 Å². The summed E-state index contributed by atoms with van der Waals surface area (Å²) in [5, 5.41) is 0. The molecular formula is C32H38O4. The largest absolute Gasteiger partial charge is 0.496 e. The zero-order valence-electron chi connectivity index (χ0n) is 22.2. The normalized spacial score (nSPS) is 21.9.